The molecule has 2 aliphatic carbocycles. The first-order chi connectivity index (χ1) is 14.0. The molecule has 3 nitrogen and oxygen atoms in total. The fraction of sp³-hybridized carbons (Fsp3) is 1.00. The van der Waals surface area contributed by atoms with Crippen molar-refractivity contribution in [2.24, 2.45) is 22.2 Å². The third-order valence-corrected chi connectivity index (χ3v) is 10.5. The number of rotatable bonds is 2. The average Bonchev–Trinajstić information content (AvgIpc) is 2.55. The van der Waals surface area contributed by atoms with Gasteiger partial charge in [0.2, 0.25) is 0 Å². The van der Waals surface area contributed by atoms with Crippen LogP contribution in [0.1, 0.15) is 92.9 Å². The van der Waals surface area contributed by atoms with Crippen molar-refractivity contribution in [1.82, 2.24) is 14.7 Å². The van der Waals surface area contributed by atoms with Crippen molar-refractivity contribution in [3.05, 3.63) is 0 Å². The lowest BCUT2D eigenvalue weighted by molar-refractivity contribution is -0.105. The van der Waals surface area contributed by atoms with Crippen LogP contribution in [0.4, 0.5) is 0 Å². The number of nitrogens with zero attached hydrogens (tertiary/aromatic N) is 3. The van der Waals surface area contributed by atoms with Gasteiger partial charge in [0.1, 0.15) is 0 Å². The van der Waals surface area contributed by atoms with Gasteiger partial charge in [-0.3, -0.25) is 9.80 Å². The maximum absolute atomic E-state index is 2.90. The zero-order chi connectivity index (χ0) is 21.4. The summed E-state index contributed by atoms with van der Waals surface area (Å²) in [4.78, 5) is 8.38. The number of hydrogen-bond acceptors (Lipinski definition) is 3. The summed E-state index contributed by atoms with van der Waals surface area (Å²) in [6.45, 7) is 22.5. The van der Waals surface area contributed by atoms with Crippen molar-refractivity contribution >= 4 is 0 Å². The van der Waals surface area contributed by atoms with Gasteiger partial charge in [-0.05, 0) is 120 Å². The van der Waals surface area contributed by atoms with Crippen LogP contribution in [-0.4, -0.2) is 71.6 Å². The molecular formula is C27H49N3. The smallest absolute Gasteiger partial charge is 0.0350 e. The molecule has 0 aromatic carbocycles. The molecule has 0 radical (unpaired) electrons. The van der Waals surface area contributed by atoms with Crippen LogP contribution in [0.5, 0.6) is 0 Å². The van der Waals surface area contributed by atoms with Gasteiger partial charge in [0.25, 0.3) is 0 Å². The van der Waals surface area contributed by atoms with Crippen molar-refractivity contribution in [3.8, 4) is 0 Å². The van der Waals surface area contributed by atoms with Crippen LogP contribution in [-0.2, 0) is 0 Å². The second-order valence-corrected chi connectivity index (χ2v) is 14.3. The first-order valence-corrected chi connectivity index (χ1v) is 13.2. The van der Waals surface area contributed by atoms with Crippen LogP contribution in [0.25, 0.3) is 0 Å². The van der Waals surface area contributed by atoms with E-state index in [0.717, 1.165) is 28.8 Å². The van der Waals surface area contributed by atoms with E-state index in [1.54, 1.807) is 0 Å². The van der Waals surface area contributed by atoms with Crippen molar-refractivity contribution in [3.63, 3.8) is 0 Å². The maximum atomic E-state index is 2.90. The van der Waals surface area contributed by atoms with Crippen LogP contribution in [0, 0.1) is 22.2 Å². The standard InChI is InChI=1S/C27H49N3/c1-24(2,3)21-15-26(16-21)7-11-28(12-8-26)22-17-27(18-22)9-13-29(14-10-27)23-19-30(20-23)25(4,5)6/h21-23H,7-20H2,1-6H3. The molecule has 172 valence electrons. The number of hydrogen-bond donors (Lipinski definition) is 0. The van der Waals surface area contributed by atoms with Crippen LogP contribution < -0.4 is 0 Å². The molecule has 2 saturated carbocycles. The summed E-state index contributed by atoms with van der Waals surface area (Å²) in [7, 11) is 0. The second-order valence-electron chi connectivity index (χ2n) is 14.3. The van der Waals surface area contributed by atoms with Gasteiger partial charge in [0.05, 0.1) is 0 Å². The van der Waals surface area contributed by atoms with E-state index in [1.807, 2.05) is 0 Å². The monoisotopic (exact) mass is 415 g/mol. The predicted molar refractivity (Wildman–Crippen MR) is 127 cm³/mol. The van der Waals surface area contributed by atoms with Crippen molar-refractivity contribution in [2.45, 2.75) is 111 Å². The van der Waals surface area contributed by atoms with Crippen LogP contribution in [0.3, 0.4) is 0 Å². The Kier molecular flexibility index (Phi) is 5.20. The topological polar surface area (TPSA) is 9.72 Å². The Bertz CT molecular complexity index is 603. The maximum Gasteiger partial charge on any atom is 0.0350 e. The molecule has 0 aromatic rings. The minimum absolute atomic E-state index is 0.356. The Hall–Kier alpha value is -0.120. The van der Waals surface area contributed by atoms with Crippen molar-refractivity contribution in [2.75, 3.05) is 39.3 Å². The molecular weight excluding hydrogens is 366 g/mol. The quantitative estimate of drug-likeness (QED) is 0.610. The van der Waals surface area contributed by atoms with Gasteiger partial charge in [0, 0.05) is 30.7 Å². The van der Waals surface area contributed by atoms with E-state index in [-0.39, 0.29) is 0 Å². The lowest BCUT2D eigenvalue weighted by atomic mass is 9.51. The van der Waals surface area contributed by atoms with Gasteiger partial charge in [-0.2, -0.15) is 0 Å². The first kappa shape index (κ1) is 21.7. The highest BCUT2D eigenvalue weighted by Crippen LogP contribution is 2.59. The van der Waals surface area contributed by atoms with Crippen LogP contribution in [0.15, 0.2) is 0 Å². The van der Waals surface area contributed by atoms with Gasteiger partial charge < -0.3 is 4.90 Å². The normalized spacial score (nSPS) is 34.0. The Labute approximate surface area is 186 Å². The van der Waals surface area contributed by atoms with Gasteiger partial charge in [0.15, 0.2) is 0 Å². The van der Waals surface area contributed by atoms with Gasteiger partial charge in [-0.1, -0.05) is 20.8 Å². The summed E-state index contributed by atoms with van der Waals surface area (Å²) < 4.78 is 0. The van der Waals surface area contributed by atoms with Gasteiger partial charge in [-0.15, -0.1) is 0 Å². The van der Waals surface area contributed by atoms with Crippen LogP contribution in [0.2, 0.25) is 0 Å². The summed E-state index contributed by atoms with van der Waals surface area (Å²) in [5.74, 6) is 0.979. The highest BCUT2D eigenvalue weighted by atomic mass is 15.3. The second kappa shape index (κ2) is 7.19. The summed E-state index contributed by atoms with van der Waals surface area (Å²) in [5.41, 5.74) is 2.35. The van der Waals surface area contributed by atoms with E-state index in [0.29, 0.717) is 11.0 Å². The van der Waals surface area contributed by atoms with E-state index in [9.17, 15) is 0 Å². The first-order valence-electron chi connectivity index (χ1n) is 13.2. The molecule has 3 saturated heterocycles. The molecule has 0 atom stereocenters. The van der Waals surface area contributed by atoms with E-state index < -0.39 is 0 Å². The summed E-state index contributed by atoms with van der Waals surface area (Å²) >= 11 is 0. The van der Waals surface area contributed by atoms with E-state index in [2.05, 4.69) is 56.2 Å². The summed E-state index contributed by atoms with van der Waals surface area (Å²) in [6, 6.07) is 1.77. The zero-order valence-electron chi connectivity index (χ0n) is 21.0. The van der Waals surface area contributed by atoms with Gasteiger partial charge >= 0.3 is 0 Å². The predicted octanol–water partition coefficient (Wildman–Crippen LogP) is 5.25. The fourth-order valence-electron chi connectivity index (χ4n) is 7.57. The fourth-order valence-corrected chi connectivity index (χ4v) is 7.57. The Morgan fingerprint density at radius 1 is 0.600 bits per heavy atom. The molecule has 3 heterocycles. The third-order valence-electron chi connectivity index (χ3n) is 10.5. The Morgan fingerprint density at radius 3 is 1.47 bits per heavy atom. The minimum atomic E-state index is 0.356. The van der Waals surface area contributed by atoms with E-state index >= 15 is 0 Å². The van der Waals surface area contributed by atoms with E-state index in [4.69, 9.17) is 0 Å². The van der Waals surface area contributed by atoms with Crippen LogP contribution >= 0.6 is 0 Å². The molecule has 3 aliphatic heterocycles. The molecule has 5 aliphatic rings. The molecule has 0 aromatic heterocycles. The molecule has 5 rings (SSSR count). The molecule has 0 amide bonds. The molecule has 3 heteroatoms. The number of piperidine rings is 2. The average molecular weight is 416 g/mol. The largest absolute Gasteiger partial charge is 0.300 e. The minimum Gasteiger partial charge on any atom is -0.300 e. The lowest BCUT2D eigenvalue weighted by Gasteiger charge is -2.61. The van der Waals surface area contributed by atoms with Crippen molar-refractivity contribution in [1.29, 1.82) is 0 Å². The lowest BCUT2D eigenvalue weighted by Crippen LogP contribution is -2.66. The Balaban J connectivity index is 1.02. The zero-order valence-corrected chi connectivity index (χ0v) is 21.0. The summed E-state index contributed by atoms with van der Waals surface area (Å²) in [6.07, 6.45) is 12.0. The molecule has 2 spiro atoms. The molecule has 30 heavy (non-hydrogen) atoms. The molecule has 5 fully saturated rings. The third kappa shape index (κ3) is 3.90. The molecule has 0 unspecified atom stereocenters. The van der Waals surface area contributed by atoms with Gasteiger partial charge in [-0.25, -0.2) is 0 Å². The SMILES string of the molecule is CC(C)(C)C1CC2(CCN(C3CC4(CCN(C5CN(C(C)(C)C)C5)CC4)C3)CC2)C1. The highest BCUT2D eigenvalue weighted by molar-refractivity contribution is 5.06. The van der Waals surface area contributed by atoms with E-state index in [1.165, 1.54) is 90.6 Å². The van der Waals surface area contributed by atoms with Crippen molar-refractivity contribution < 1.29 is 0 Å². The molecule has 0 bridgehead atoms. The molecule has 0 N–H and O–H groups in total. The number of likely N-dealkylation sites (tertiary alicyclic amines) is 3. The summed E-state index contributed by atoms with van der Waals surface area (Å²) in [5, 5.41) is 0. The Morgan fingerprint density at radius 2 is 1.03 bits per heavy atom. The highest BCUT2D eigenvalue weighted by Gasteiger charge is 2.53.